The van der Waals surface area contributed by atoms with Gasteiger partial charge in [0.2, 0.25) is 15.9 Å². The first-order valence-corrected chi connectivity index (χ1v) is 10.3. The molecule has 3 rings (SSSR count). The summed E-state index contributed by atoms with van der Waals surface area (Å²) in [6.07, 6.45) is 2.82. The average Bonchev–Trinajstić information content (AvgIpc) is 2.68. The van der Waals surface area contributed by atoms with E-state index in [0.717, 1.165) is 19.3 Å². The molecule has 0 spiro atoms. The number of amides is 1. The largest absolute Gasteiger partial charge is 0.376 e. The van der Waals surface area contributed by atoms with Crippen molar-refractivity contribution in [2.24, 2.45) is 0 Å². The Bertz CT molecular complexity index is 895. The molecule has 0 aromatic heterocycles. The van der Waals surface area contributed by atoms with Crippen molar-refractivity contribution < 1.29 is 17.6 Å². The lowest BCUT2D eigenvalue weighted by atomic mass is 10.2. The van der Waals surface area contributed by atoms with Crippen molar-refractivity contribution in [2.45, 2.75) is 24.2 Å². The third-order valence-electron chi connectivity index (χ3n) is 4.37. The molecular formula is C19H22FN3O3S. The summed E-state index contributed by atoms with van der Waals surface area (Å²) in [6.45, 7) is 1.07. The molecule has 0 unspecified atom stereocenters. The van der Waals surface area contributed by atoms with Crippen molar-refractivity contribution in [1.29, 1.82) is 0 Å². The van der Waals surface area contributed by atoms with Gasteiger partial charge in [-0.25, -0.2) is 12.8 Å². The monoisotopic (exact) mass is 391 g/mol. The molecule has 1 amide bonds. The lowest BCUT2D eigenvalue weighted by Crippen LogP contribution is -2.35. The third-order valence-corrected chi connectivity index (χ3v) is 6.28. The number of carbonyl (C=O) groups excluding carboxylic acids is 1. The van der Waals surface area contributed by atoms with Crippen LogP contribution in [-0.2, 0) is 14.8 Å². The van der Waals surface area contributed by atoms with Crippen molar-refractivity contribution in [3.8, 4) is 0 Å². The number of carbonyl (C=O) groups is 1. The first-order chi connectivity index (χ1) is 12.9. The number of hydrogen-bond donors (Lipinski definition) is 2. The molecule has 1 saturated heterocycles. The second-order valence-corrected chi connectivity index (χ2v) is 8.34. The van der Waals surface area contributed by atoms with Gasteiger partial charge in [0, 0.05) is 24.5 Å². The summed E-state index contributed by atoms with van der Waals surface area (Å²) in [4.78, 5) is 12.2. The van der Waals surface area contributed by atoms with Crippen LogP contribution >= 0.6 is 0 Å². The summed E-state index contributed by atoms with van der Waals surface area (Å²) in [6, 6.07) is 12.0. The van der Waals surface area contributed by atoms with Crippen LogP contribution in [0.3, 0.4) is 0 Å². The molecule has 2 aromatic carbocycles. The topological polar surface area (TPSA) is 78.5 Å². The maximum absolute atomic E-state index is 13.1. The number of hydrogen-bond acceptors (Lipinski definition) is 4. The molecule has 1 aliphatic heterocycles. The molecule has 1 aliphatic rings. The minimum Gasteiger partial charge on any atom is -0.376 e. The van der Waals surface area contributed by atoms with Crippen molar-refractivity contribution in [1.82, 2.24) is 4.31 Å². The van der Waals surface area contributed by atoms with Crippen LogP contribution in [0.5, 0.6) is 0 Å². The molecule has 1 heterocycles. The zero-order valence-electron chi connectivity index (χ0n) is 14.8. The van der Waals surface area contributed by atoms with Gasteiger partial charge in [0.15, 0.2) is 0 Å². The summed E-state index contributed by atoms with van der Waals surface area (Å²) in [5, 5.41) is 5.51. The standard InChI is InChI=1S/C19H22FN3O3S/c20-15-5-4-6-17(13-15)21-14-19(24)22-16-7-9-18(10-8-16)27(25,26)23-11-2-1-3-12-23/h4-10,13,21H,1-3,11-12,14H2,(H,22,24). The number of nitrogens with zero attached hydrogens (tertiary/aromatic N) is 1. The van der Waals surface area contributed by atoms with E-state index < -0.39 is 10.0 Å². The van der Waals surface area contributed by atoms with Gasteiger partial charge in [-0.1, -0.05) is 12.5 Å². The minimum atomic E-state index is -3.48. The highest BCUT2D eigenvalue weighted by atomic mass is 32.2. The number of sulfonamides is 1. The maximum atomic E-state index is 13.1. The van der Waals surface area contributed by atoms with E-state index in [4.69, 9.17) is 0 Å². The van der Waals surface area contributed by atoms with E-state index in [-0.39, 0.29) is 23.2 Å². The van der Waals surface area contributed by atoms with Gasteiger partial charge in [-0.3, -0.25) is 4.79 Å². The number of rotatable bonds is 6. The molecule has 1 fully saturated rings. The molecule has 0 saturated carbocycles. The smallest absolute Gasteiger partial charge is 0.243 e. The molecule has 144 valence electrons. The van der Waals surface area contributed by atoms with Crippen LogP contribution < -0.4 is 10.6 Å². The Morgan fingerprint density at radius 1 is 1.00 bits per heavy atom. The van der Waals surface area contributed by atoms with Gasteiger partial charge in [0.25, 0.3) is 0 Å². The van der Waals surface area contributed by atoms with E-state index >= 15 is 0 Å². The Kier molecular flexibility index (Phi) is 6.08. The Morgan fingerprint density at radius 2 is 1.70 bits per heavy atom. The number of halogens is 1. The quantitative estimate of drug-likeness (QED) is 0.793. The minimum absolute atomic E-state index is 0.0305. The van der Waals surface area contributed by atoms with E-state index in [0.29, 0.717) is 24.5 Å². The molecule has 0 bridgehead atoms. The van der Waals surface area contributed by atoms with Gasteiger partial charge in [-0.15, -0.1) is 0 Å². The van der Waals surface area contributed by atoms with Crippen LogP contribution in [0.2, 0.25) is 0 Å². The normalized spacial score (nSPS) is 15.3. The highest BCUT2D eigenvalue weighted by Crippen LogP contribution is 2.22. The van der Waals surface area contributed by atoms with Crippen LogP contribution in [0.1, 0.15) is 19.3 Å². The number of anilines is 2. The highest BCUT2D eigenvalue weighted by molar-refractivity contribution is 7.89. The maximum Gasteiger partial charge on any atom is 0.243 e. The average molecular weight is 391 g/mol. The van der Waals surface area contributed by atoms with E-state index in [9.17, 15) is 17.6 Å². The predicted octanol–water partition coefficient (Wildman–Crippen LogP) is 3.05. The first kappa shape index (κ1) is 19.3. The van der Waals surface area contributed by atoms with Crippen LogP contribution in [0.25, 0.3) is 0 Å². The van der Waals surface area contributed by atoms with E-state index in [1.165, 1.54) is 28.6 Å². The number of benzene rings is 2. The molecule has 2 N–H and O–H groups in total. The van der Waals surface area contributed by atoms with Gasteiger partial charge >= 0.3 is 0 Å². The lowest BCUT2D eigenvalue weighted by Gasteiger charge is -2.25. The molecule has 8 heteroatoms. The van der Waals surface area contributed by atoms with Crippen molar-refractivity contribution in [3.05, 3.63) is 54.3 Å². The Labute approximate surface area is 158 Å². The van der Waals surface area contributed by atoms with Gasteiger partial charge in [0.05, 0.1) is 11.4 Å². The zero-order valence-corrected chi connectivity index (χ0v) is 15.6. The summed E-state index contributed by atoms with van der Waals surface area (Å²) in [5.41, 5.74) is 1.01. The first-order valence-electron chi connectivity index (χ1n) is 8.85. The Hall–Kier alpha value is -2.45. The van der Waals surface area contributed by atoms with Crippen LogP contribution in [-0.4, -0.2) is 38.3 Å². The molecule has 27 heavy (non-hydrogen) atoms. The number of nitrogens with one attached hydrogen (secondary N) is 2. The SMILES string of the molecule is O=C(CNc1cccc(F)c1)Nc1ccc(S(=O)(=O)N2CCCCC2)cc1. The van der Waals surface area contributed by atoms with Gasteiger partial charge in [0.1, 0.15) is 5.82 Å². The summed E-state index contributed by atoms with van der Waals surface area (Å²) in [5.74, 6) is -0.697. The fourth-order valence-corrected chi connectivity index (χ4v) is 4.47. The molecule has 2 aromatic rings. The van der Waals surface area contributed by atoms with Crippen molar-refractivity contribution in [3.63, 3.8) is 0 Å². The van der Waals surface area contributed by atoms with Crippen LogP contribution in [0.15, 0.2) is 53.4 Å². The summed E-state index contributed by atoms with van der Waals surface area (Å²) in [7, 11) is -3.48. The molecule has 0 atom stereocenters. The zero-order chi connectivity index (χ0) is 19.3. The van der Waals surface area contributed by atoms with Gasteiger partial charge in [-0.2, -0.15) is 4.31 Å². The van der Waals surface area contributed by atoms with Crippen LogP contribution in [0, 0.1) is 5.82 Å². The van der Waals surface area contributed by atoms with Gasteiger partial charge < -0.3 is 10.6 Å². The Balaban J connectivity index is 1.57. The molecule has 6 nitrogen and oxygen atoms in total. The molecule has 0 aliphatic carbocycles. The van der Waals surface area contributed by atoms with E-state index in [1.807, 2.05) is 0 Å². The third kappa shape index (κ3) is 5.05. The van der Waals surface area contributed by atoms with Crippen molar-refractivity contribution in [2.75, 3.05) is 30.3 Å². The predicted molar refractivity (Wildman–Crippen MR) is 103 cm³/mol. The fourth-order valence-electron chi connectivity index (χ4n) is 2.95. The number of piperidine rings is 1. The Morgan fingerprint density at radius 3 is 2.37 bits per heavy atom. The molecule has 0 radical (unpaired) electrons. The summed E-state index contributed by atoms with van der Waals surface area (Å²) < 4.78 is 39.8. The fraction of sp³-hybridized carbons (Fsp3) is 0.316. The lowest BCUT2D eigenvalue weighted by molar-refractivity contribution is -0.114. The second-order valence-electron chi connectivity index (χ2n) is 6.40. The summed E-state index contributed by atoms with van der Waals surface area (Å²) >= 11 is 0. The van der Waals surface area contributed by atoms with E-state index in [1.54, 1.807) is 24.3 Å². The highest BCUT2D eigenvalue weighted by Gasteiger charge is 2.25. The van der Waals surface area contributed by atoms with Gasteiger partial charge in [-0.05, 0) is 55.3 Å². The van der Waals surface area contributed by atoms with E-state index in [2.05, 4.69) is 10.6 Å². The van der Waals surface area contributed by atoms with Crippen molar-refractivity contribution >= 4 is 27.3 Å². The van der Waals surface area contributed by atoms with Crippen LogP contribution in [0.4, 0.5) is 15.8 Å². The second kappa shape index (κ2) is 8.49. The molecular weight excluding hydrogens is 369 g/mol.